The molecule has 0 radical (unpaired) electrons. The molecule has 4 nitrogen and oxygen atoms in total. The molecule has 0 amide bonds. The monoisotopic (exact) mass is 207 g/mol. The molecule has 1 heterocycles. The van der Waals surface area contributed by atoms with Gasteiger partial charge in [0.1, 0.15) is 5.78 Å². The molecule has 1 N–H and O–H groups in total. The number of ketones is 1. The third-order valence-electron chi connectivity index (χ3n) is 2.10. The molecule has 82 valence electrons. The Balaban J connectivity index is 2.46. The van der Waals surface area contributed by atoms with Gasteiger partial charge in [0.25, 0.3) is 0 Å². The Labute approximate surface area is 90.1 Å². The van der Waals surface area contributed by atoms with Gasteiger partial charge < -0.3 is 5.32 Å². The molecule has 0 aromatic carbocycles. The summed E-state index contributed by atoms with van der Waals surface area (Å²) in [6.45, 7) is 6.36. The van der Waals surface area contributed by atoms with Crippen LogP contribution >= 0.6 is 0 Å². The van der Waals surface area contributed by atoms with Crippen LogP contribution in [0.25, 0.3) is 0 Å². The molecule has 1 aromatic rings. The molecule has 1 rings (SSSR count). The summed E-state index contributed by atoms with van der Waals surface area (Å²) in [5.41, 5.74) is 1.12. The summed E-state index contributed by atoms with van der Waals surface area (Å²) in [4.78, 5) is 19.0. The van der Waals surface area contributed by atoms with Gasteiger partial charge in [0.15, 0.2) is 0 Å². The third kappa shape index (κ3) is 4.06. The molecular formula is C11H17N3O. The quantitative estimate of drug-likeness (QED) is 0.802. The number of Topliss-reactive ketones (excluding diaryl/α,β-unsaturated/α-hetero) is 1. The van der Waals surface area contributed by atoms with Crippen LogP contribution < -0.4 is 5.32 Å². The zero-order valence-electron chi connectivity index (χ0n) is 9.45. The Kier molecular flexibility index (Phi) is 4.21. The number of anilines is 1. The predicted molar refractivity (Wildman–Crippen MR) is 59.9 cm³/mol. The molecule has 0 atom stereocenters. The minimum absolute atomic E-state index is 0.168. The van der Waals surface area contributed by atoms with Crippen molar-refractivity contribution in [1.82, 2.24) is 9.97 Å². The first-order chi connectivity index (χ1) is 7.09. The molecule has 4 heteroatoms. The summed E-state index contributed by atoms with van der Waals surface area (Å²) < 4.78 is 0. The van der Waals surface area contributed by atoms with E-state index in [2.05, 4.69) is 29.1 Å². The summed E-state index contributed by atoms with van der Waals surface area (Å²) in [6, 6.07) is 0. The van der Waals surface area contributed by atoms with Crippen molar-refractivity contribution < 1.29 is 4.79 Å². The van der Waals surface area contributed by atoms with Gasteiger partial charge in [-0.25, -0.2) is 9.97 Å². The first-order valence-electron chi connectivity index (χ1n) is 5.15. The van der Waals surface area contributed by atoms with Gasteiger partial charge in [-0.3, -0.25) is 4.79 Å². The van der Waals surface area contributed by atoms with Crippen molar-refractivity contribution in [2.24, 2.45) is 0 Å². The van der Waals surface area contributed by atoms with Gasteiger partial charge in [-0.15, -0.1) is 0 Å². The molecule has 0 spiro atoms. The van der Waals surface area contributed by atoms with Crippen LogP contribution in [0, 0.1) is 0 Å². The van der Waals surface area contributed by atoms with E-state index in [4.69, 9.17) is 0 Å². The van der Waals surface area contributed by atoms with Crippen molar-refractivity contribution in [2.45, 2.75) is 33.1 Å². The number of carbonyl (C=O) groups excluding carboxylic acids is 1. The highest BCUT2D eigenvalue weighted by atomic mass is 16.1. The zero-order valence-corrected chi connectivity index (χ0v) is 9.45. The smallest absolute Gasteiger partial charge is 0.222 e. The second-order valence-corrected chi connectivity index (χ2v) is 3.87. The van der Waals surface area contributed by atoms with Crippen LogP contribution in [-0.4, -0.2) is 22.3 Å². The minimum atomic E-state index is 0.168. The van der Waals surface area contributed by atoms with E-state index >= 15 is 0 Å². The second kappa shape index (κ2) is 5.44. The van der Waals surface area contributed by atoms with Gasteiger partial charge in [-0.05, 0) is 18.4 Å². The fourth-order valence-corrected chi connectivity index (χ4v) is 1.08. The topological polar surface area (TPSA) is 54.9 Å². The van der Waals surface area contributed by atoms with Crippen LogP contribution in [-0.2, 0) is 4.79 Å². The lowest BCUT2D eigenvalue weighted by Crippen LogP contribution is -2.08. The second-order valence-electron chi connectivity index (χ2n) is 3.87. The zero-order chi connectivity index (χ0) is 11.3. The first kappa shape index (κ1) is 11.6. The molecule has 1 aromatic heterocycles. The van der Waals surface area contributed by atoms with Gasteiger partial charge in [-0.2, -0.15) is 0 Å². The van der Waals surface area contributed by atoms with Crippen LogP contribution in [0.3, 0.4) is 0 Å². The van der Waals surface area contributed by atoms with Crippen LogP contribution in [0.5, 0.6) is 0 Å². The van der Waals surface area contributed by atoms with Crippen LogP contribution in [0.15, 0.2) is 12.4 Å². The van der Waals surface area contributed by atoms with Gasteiger partial charge in [-0.1, -0.05) is 13.8 Å². The van der Waals surface area contributed by atoms with E-state index in [1.54, 1.807) is 6.92 Å². The maximum absolute atomic E-state index is 10.7. The van der Waals surface area contributed by atoms with Crippen LogP contribution in [0.4, 0.5) is 5.95 Å². The fourth-order valence-electron chi connectivity index (χ4n) is 1.08. The molecule has 0 aliphatic rings. The lowest BCUT2D eigenvalue weighted by atomic mass is 10.1. The van der Waals surface area contributed by atoms with Crippen molar-refractivity contribution in [2.75, 3.05) is 11.9 Å². The molecule has 0 bridgehead atoms. The summed E-state index contributed by atoms with van der Waals surface area (Å²) in [7, 11) is 0. The minimum Gasteiger partial charge on any atom is -0.354 e. The fraction of sp³-hybridized carbons (Fsp3) is 0.545. The Morgan fingerprint density at radius 3 is 2.47 bits per heavy atom. The van der Waals surface area contributed by atoms with Gasteiger partial charge in [0, 0.05) is 25.4 Å². The molecule has 0 aliphatic heterocycles. The number of nitrogens with one attached hydrogen (secondary N) is 1. The van der Waals surface area contributed by atoms with Gasteiger partial charge >= 0.3 is 0 Å². The van der Waals surface area contributed by atoms with Gasteiger partial charge in [0.2, 0.25) is 5.95 Å². The van der Waals surface area contributed by atoms with Crippen molar-refractivity contribution in [3.8, 4) is 0 Å². The van der Waals surface area contributed by atoms with E-state index in [-0.39, 0.29) is 5.78 Å². The van der Waals surface area contributed by atoms with E-state index in [1.807, 2.05) is 12.4 Å². The van der Waals surface area contributed by atoms with Crippen molar-refractivity contribution >= 4 is 11.7 Å². The number of hydrogen-bond donors (Lipinski definition) is 1. The summed E-state index contributed by atoms with van der Waals surface area (Å²) >= 11 is 0. The standard InChI is InChI=1S/C11H17N3O/c1-8(2)10-6-13-11(14-7-10)12-5-4-9(3)15/h6-8H,4-5H2,1-3H3,(H,12,13,14). The van der Waals surface area contributed by atoms with Crippen LogP contribution in [0.1, 0.15) is 38.7 Å². The Morgan fingerprint density at radius 2 is 2.00 bits per heavy atom. The molecular weight excluding hydrogens is 190 g/mol. The highest BCUT2D eigenvalue weighted by Gasteiger charge is 2.01. The maximum atomic E-state index is 10.7. The van der Waals surface area contributed by atoms with Crippen molar-refractivity contribution in [3.05, 3.63) is 18.0 Å². The Hall–Kier alpha value is -1.45. The molecule has 0 saturated carbocycles. The lowest BCUT2D eigenvalue weighted by Gasteiger charge is -2.06. The molecule has 0 aliphatic carbocycles. The van der Waals surface area contributed by atoms with E-state index in [1.165, 1.54) is 0 Å². The van der Waals surface area contributed by atoms with Crippen molar-refractivity contribution in [3.63, 3.8) is 0 Å². The van der Waals surface area contributed by atoms with Crippen LogP contribution in [0.2, 0.25) is 0 Å². The molecule has 0 unspecified atom stereocenters. The highest BCUT2D eigenvalue weighted by molar-refractivity contribution is 5.75. The summed E-state index contributed by atoms with van der Waals surface area (Å²) in [5, 5.41) is 3.00. The average molecular weight is 207 g/mol. The SMILES string of the molecule is CC(=O)CCNc1ncc(C(C)C)cn1. The largest absolute Gasteiger partial charge is 0.354 e. The lowest BCUT2D eigenvalue weighted by molar-refractivity contribution is -0.116. The maximum Gasteiger partial charge on any atom is 0.222 e. The van der Waals surface area contributed by atoms with E-state index in [0.29, 0.717) is 24.8 Å². The predicted octanol–water partition coefficient (Wildman–Crippen LogP) is 1.99. The first-order valence-corrected chi connectivity index (χ1v) is 5.15. The number of carbonyl (C=O) groups is 1. The third-order valence-corrected chi connectivity index (χ3v) is 2.10. The number of nitrogens with zero attached hydrogens (tertiary/aromatic N) is 2. The number of rotatable bonds is 5. The normalized spacial score (nSPS) is 10.4. The summed E-state index contributed by atoms with van der Waals surface area (Å²) in [5.74, 6) is 1.19. The van der Waals surface area contributed by atoms with E-state index in [0.717, 1.165) is 5.56 Å². The Bertz CT molecular complexity index is 319. The molecule has 0 fully saturated rings. The van der Waals surface area contributed by atoms with E-state index < -0.39 is 0 Å². The van der Waals surface area contributed by atoms with Crippen molar-refractivity contribution in [1.29, 1.82) is 0 Å². The van der Waals surface area contributed by atoms with Gasteiger partial charge in [0.05, 0.1) is 0 Å². The number of aromatic nitrogens is 2. The molecule has 15 heavy (non-hydrogen) atoms. The summed E-state index contributed by atoms with van der Waals surface area (Å²) in [6.07, 6.45) is 4.14. The highest BCUT2D eigenvalue weighted by Crippen LogP contribution is 2.11. The molecule has 0 saturated heterocycles. The number of hydrogen-bond acceptors (Lipinski definition) is 4. The Morgan fingerprint density at radius 1 is 1.40 bits per heavy atom. The van der Waals surface area contributed by atoms with E-state index in [9.17, 15) is 4.79 Å². The average Bonchev–Trinajstić information content (AvgIpc) is 2.18.